The summed E-state index contributed by atoms with van der Waals surface area (Å²) < 4.78 is 4.93. The lowest BCUT2D eigenvalue weighted by atomic mass is 9.70. The Hall–Kier alpha value is -1.97. The number of carbonyl (C=O) groups is 3. The number of esters is 1. The van der Waals surface area contributed by atoms with Crippen LogP contribution in [-0.2, 0) is 19.1 Å². The molecule has 0 aromatic carbocycles. The summed E-state index contributed by atoms with van der Waals surface area (Å²) in [5.41, 5.74) is 1.55. The third-order valence-electron chi connectivity index (χ3n) is 4.38. The van der Waals surface area contributed by atoms with Crippen molar-refractivity contribution in [1.29, 1.82) is 0 Å². The molecule has 4 nitrogen and oxygen atoms in total. The number of hydrogen-bond acceptors (Lipinski definition) is 4. The minimum atomic E-state index is -0.789. The lowest BCUT2D eigenvalue weighted by Gasteiger charge is -2.33. The smallest absolute Gasteiger partial charge is 0.316 e. The maximum Gasteiger partial charge on any atom is 0.316 e. The van der Waals surface area contributed by atoms with Crippen molar-refractivity contribution in [3.63, 3.8) is 0 Å². The molecule has 23 heavy (non-hydrogen) atoms. The molecule has 0 aromatic heterocycles. The van der Waals surface area contributed by atoms with E-state index >= 15 is 0 Å². The Morgan fingerprint density at radius 3 is 2.52 bits per heavy atom. The van der Waals surface area contributed by atoms with E-state index in [1.165, 1.54) is 7.11 Å². The number of allylic oxidation sites excluding steroid dienone is 5. The Labute approximate surface area is 138 Å². The van der Waals surface area contributed by atoms with Crippen LogP contribution in [0.25, 0.3) is 0 Å². The van der Waals surface area contributed by atoms with Crippen molar-refractivity contribution in [2.75, 3.05) is 7.11 Å². The van der Waals surface area contributed by atoms with Crippen LogP contribution in [0.15, 0.2) is 34.9 Å². The summed E-state index contributed by atoms with van der Waals surface area (Å²) in [6.45, 7) is 7.09. The molecule has 1 rings (SSSR count). The molecular weight excluding hydrogens is 292 g/mol. The van der Waals surface area contributed by atoms with E-state index < -0.39 is 5.41 Å². The summed E-state index contributed by atoms with van der Waals surface area (Å²) in [4.78, 5) is 35.1. The van der Waals surface area contributed by atoms with Crippen LogP contribution in [0.5, 0.6) is 0 Å². The number of Topliss-reactive ketones (excluding diaryl/α,β-unsaturated/α-hetero) is 2. The van der Waals surface area contributed by atoms with Gasteiger partial charge in [-0.25, -0.2) is 0 Å². The van der Waals surface area contributed by atoms with Crippen molar-refractivity contribution >= 4 is 17.5 Å². The van der Waals surface area contributed by atoms with Crippen LogP contribution >= 0.6 is 0 Å². The van der Waals surface area contributed by atoms with Crippen molar-refractivity contribution < 1.29 is 19.1 Å². The molecule has 4 heteroatoms. The van der Waals surface area contributed by atoms with Gasteiger partial charge in [0.25, 0.3) is 0 Å². The fourth-order valence-corrected chi connectivity index (χ4v) is 2.78. The molecule has 0 saturated heterocycles. The molecule has 0 saturated carbocycles. The predicted molar refractivity (Wildman–Crippen MR) is 89.9 cm³/mol. The molecule has 126 valence electrons. The van der Waals surface area contributed by atoms with Crippen molar-refractivity contribution in [1.82, 2.24) is 0 Å². The fourth-order valence-electron chi connectivity index (χ4n) is 2.78. The molecule has 0 heterocycles. The van der Waals surface area contributed by atoms with Gasteiger partial charge in [0, 0.05) is 12.8 Å². The molecule has 0 spiro atoms. The minimum absolute atomic E-state index is 0.0734. The number of rotatable bonds is 6. The van der Waals surface area contributed by atoms with Gasteiger partial charge in [-0.05, 0) is 51.7 Å². The highest BCUT2D eigenvalue weighted by Gasteiger charge is 2.42. The maximum absolute atomic E-state index is 12.2. The summed E-state index contributed by atoms with van der Waals surface area (Å²) in [6, 6.07) is 0. The first-order valence-corrected chi connectivity index (χ1v) is 7.89. The zero-order chi connectivity index (χ0) is 17.6. The first-order chi connectivity index (χ1) is 10.7. The Morgan fingerprint density at radius 2 is 1.96 bits per heavy atom. The van der Waals surface area contributed by atoms with Gasteiger partial charge in [0.15, 0.2) is 5.78 Å². The Morgan fingerprint density at radius 1 is 1.30 bits per heavy atom. The minimum Gasteiger partial charge on any atom is -0.468 e. The van der Waals surface area contributed by atoms with E-state index in [4.69, 9.17) is 4.74 Å². The van der Waals surface area contributed by atoms with Crippen LogP contribution in [0, 0.1) is 5.41 Å². The van der Waals surface area contributed by atoms with Crippen molar-refractivity contribution in [2.24, 2.45) is 5.41 Å². The van der Waals surface area contributed by atoms with Gasteiger partial charge < -0.3 is 9.53 Å². The molecule has 0 radical (unpaired) electrons. The van der Waals surface area contributed by atoms with E-state index in [2.05, 4.69) is 0 Å². The molecule has 0 amide bonds. The van der Waals surface area contributed by atoms with Gasteiger partial charge in [-0.3, -0.25) is 9.59 Å². The monoisotopic (exact) mass is 318 g/mol. The lowest BCUT2D eigenvalue weighted by Crippen LogP contribution is -2.35. The van der Waals surface area contributed by atoms with E-state index in [-0.39, 0.29) is 17.5 Å². The standard InChI is InChI=1S/C19H26O4/c1-13(7-6-8-14(2)20)9-10-16-15(3)17(21)11-12-19(16,4)18(22)23-5/h7,9-10H,6,8,11-12H2,1-5H3/b10-9+,13-7+/t19-/m0/s1. The van der Waals surface area contributed by atoms with Gasteiger partial charge in [0.1, 0.15) is 5.78 Å². The zero-order valence-corrected chi connectivity index (χ0v) is 14.7. The second-order valence-corrected chi connectivity index (χ2v) is 6.31. The first kappa shape index (κ1) is 19.1. The zero-order valence-electron chi connectivity index (χ0n) is 14.7. The van der Waals surface area contributed by atoms with Gasteiger partial charge in [0.2, 0.25) is 0 Å². The van der Waals surface area contributed by atoms with Crippen molar-refractivity contribution in [2.45, 2.75) is 53.4 Å². The Balaban J connectivity index is 3.06. The largest absolute Gasteiger partial charge is 0.468 e. The van der Waals surface area contributed by atoms with E-state index in [1.807, 2.05) is 32.1 Å². The average Bonchev–Trinajstić information content (AvgIpc) is 2.50. The highest BCUT2D eigenvalue weighted by atomic mass is 16.5. The van der Waals surface area contributed by atoms with Gasteiger partial charge in [-0.2, -0.15) is 0 Å². The van der Waals surface area contributed by atoms with Gasteiger partial charge in [-0.15, -0.1) is 0 Å². The average molecular weight is 318 g/mol. The lowest BCUT2D eigenvalue weighted by molar-refractivity contribution is -0.150. The van der Waals surface area contributed by atoms with E-state index in [0.717, 1.165) is 11.1 Å². The maximum atomic E-state index is 12.2. The van der Waals surface area contributed by atoms with Crippen LogP contribution in [0.3, 0.4) is 0 Å². The fraction of sp³-hybridized carbons (Fsp3) is 0.526. The van der Waals surface area contributed by atoms with Crippen LogP contribution in [0.2, 0.25) is 0 Å². The Kier molecular flexibility index (Phi) is 6.67. The van der Waals surface area contributed by atoms with Gasteiger partial charge in [0.05, 0.1) is 12.5 Å². The van der Waals surface area contributed by atoms with E-state index in [9.17, 15) is 14.4 Å². The third kappa shape index (κ3) is 4.75. The summed E-state index contributed by atoms with van der Waals surface area (Å²) in [6.07, 6.45) is 7.74. The van der Waals surface area contributed by atoms with Crippen molar-refractivity contribution in [3.8, 4) is 0 Å². The number of ether oxygens (including phenoxy) is 1. The summed E-state index contributed by atoms with van der Waals surface area (Å²) in [5, 5.41) is 0. The summed E-state index contributed by atoms with van der Waals surface area (Å²) in [5.74, 6) is -0.0841. The quantitative estimate of drug-likeness (QED) is 0.553. The second-order valence-electron chi connectivity index (χ2n) is 6.31. The Bertz CT molecular complexity index is 592. The highest BCUT2D eigenvalue weighted by Crippen LogP contribution is 2.41. The molecule has 0 N–H and O–H groups in total. The molecule has 1 atom stereocenters. The molecular formula is C19H26O4. The number of ketones is 2. The topological polar surface area (TPSA) is 60.4 Å². The van der Waals surface area contributed by atoms with Crippen LogP contribution in [-0.4, -0.2) is 24.6 Å². The number of methoxy groups -OCH3 is 1. The van der Waals surface area contributed by atoms with Crippen LogP contribution < -0.4 is 0 Å². The molecule has 0 aliphatic heterocycles. The molecule has 0 fully saturated rings. The summed E-state index contributed by atoms with van der Waals surface area (Å²) >= 11 is 0. The SMILES string of the molecule is COC(=O)[C@@]1(C)CCC(=O)C(C)=C1/C=C/C(C)=C/CCC(C)=O. The van der Waals surface area contributed by atoms with Crippen LogP contribution in [0.1, 0.15) is 53.4 Å². The molecule has 0 bridgehead atoms. The van der Waals surface area contributed by atoms with Crippen LogP contribution in [0.4, 0.5) is 0 Å². The van der Waals surface area contributed by atoms with E-state index in [0.29, 0.717) is 31.3 Å². The molecule has 0 aromatic rings. The second kappa shape index (κ2) is 8.04. The molecule has 1 aliphatic carbocycles. The highest BCUT2D eigenvalue weighted by molar-refractivity contribution is 6.00. The number of carbonyl (C=O) groups excluding carboxylic acids is 3. The normalized spacial score (nSPS) is 22.7. The predicted octanol–water partition coefficient (Wildman–Crippen LogP) is 3.72. The molecule has 0 unspecified atom stereocenters. The number of hydrogen-bond donors (Lipinski definition) is 0. The molecule has 1 aliphatic rings. The van der Waals surface area contributed by atoms with Gasteiger partial charge >= 0.3 is 5.97 Å². The van der Waals surface area contributed by atoms with Crippen molar-refractivity contribution in [3.05, 3.63) is 34.9 Å². The summed E-state index contributed by atoms with van der Waals surface area (Å²) in [7, 11) is 1.37. The third-order valence-corrected chi connectivity index (χ3v) is 4.38. The first-order valence-electron chi connectivity index (χ1n) is 7.89. The van der Waals surface area contributed by atoms with E-state index in [1.54, 1.807) is 13.8 Å². The van der Waals surface area contributed by atoms with Gasteiger partial charge in [-0.1, -0.05) is 23.8 Å².